The molecule has 0 heterocycles. The number of aryl methyl sites for hydroxylation is 1. The smallest absolute Gasteiger partial charge is 0.327 e. The maximum absolute atomic E-state index is 13.3. The van der Waals surface area contributed by atoms with E-state index in [0.29, 0.717) is 12.8 Å². The molecule has 0 aliphatic carbocycles. The van der Waals surface area contributed by atoms with Crippen molar-refractivity contribution >= 4 is 5.97 Å². The van der Waals surface area contributed by atoms with E-state index >= 15 is 0 Å². The summed E-state index contributed by atoms with van der Waals surface area (Å²) in [7, 11) is 1.41. The summed E-state index contributed by atoms with van der Waals surface area (Å²) in [6, 6.07) is 4.72. The van der Waals surface area contributed by atoms with E-state index in [0.717, 1.165) is 11.6 Å². The van der Waals surface area contributed by atoms with Crippen LogP contribution in [0, 0.1) is 5.82 Å². The molecule has 0 aliphatic rings. The second-order valence-electron chi connectivity index (χ2n) is 3.25. The minimum atomic E-state index is -0.971. The number of hydrogen-bond donors (Lipinski definition) is 1. The Morgan fingerprint density at radius 2 is 2.31 bits per heavy atom. The molecule has 0 bridgehead atoms. The van der Waals surface area contributed by atoms with Crippen molar-refractivity contribution in [2.24, 2.45) is 0 Å². The van der Waals surface area contributed by atoms with Gasteiger partial charge in [-0.05, 0) is 30.5 Å². The van der Waals surface area contributed by atoms with Crippen LogP contribution in [0.1, 0.15) is 12.0 Å². The maximum Gasteiger partial charge on any atom is 0.327 e. The highest BCUT2D eigenvalue weighted by molar-refractivity contribution is 5.79. The molecule has 4 heteroatoms. The largest absolute Gasteiger partial charge is 0.494 e. The van der Waals surface area contributed by atoms with E-state index in [1.807, 2.05) is 0 Å². The van der Waals surface area contributed by atoms with E-state index in [4.69, 9.17) is 9.84 Å². The summed E-state index contributed by atoms with van der Waals surface area (Å²) in [5.41, 5.74) is 0.813. The minimum Gasteiger partial charge on any atom is -0.494 e. The van der Waals surface area contributed by atoms with Crippen LogP contribution in [0.5, 0.6) is 5.75 Å². The van der Waals surface area contributed by atoms with Crippen LogP contribution in [-0.2, 0) is 11.2 Å². The van der Waals surface area contributed by atoms with Crippen LogP contribution in [0.25, 0.3) is 0 Å². The van der Waals surface area contributed by atoms with Gasteiger partial charge in [-0.25, -0.2) is 9.18 Å². The Balaban J connectivity index is 2.55. The summed E-state index contributed by atoms with van der Waals surface area (Å²) < 4.78 is 18.0. The standard InChI is InChI=1S/C12H13FO3/c1-16-11-7-6-9(8-10(11)13)4-2-3-5-12(14)15/h3,5-8H,2,4H2,1H3,(H,14,15)/b5-3+. The van der Waals surface area contributed by atoms with Crippen LogP contribution in [0.3, 0.4) is 0 Å². The molecule has 0 fully saturated rings. The number of ether oxygens (including phenoxy) is 1. The molecule has 0 saturated heterocycles. The van der Waals surface area contributed by atoms with Crippen LogP contribution < -0.4 is 4.74 Å². The lowest BCUT2D eigenvalue weighted by Crippen LogP contribution is -1.91. The molecule has 1 aromatic carbocycles. The molecule has 1 aromatic rings. The van der Waals surface area contributed by atoms with Crippen molar-refractivity contribution in [2.75, 3.05) is 7.11 Å². The Labute approximate surface area is 93.2 Å². The predicted octanol–water partition coefficient (Wildman–Crippen LogP) is 2.41. The number of allylic oxidation sites excluding steroid dienone is 1. The quantitative estimate of drug-likeness (QED) is 0.781. The summed E-state index contributed by atoms with van der Waals surface area (Å²) in [5.74, 6) is -1.16. The van der Waals surface area contributed by atoms with Crippen LogP contribution in [0.15, 0.2) is 30.4 Å². The van der Waals surface area contributed by atoms with Crippen molar-refractivity contribution < 1.29 is 19.0 Å². The highest BCUT2D eigenvalue weighted by Gasteiger charge is 2.02. The number of benzene rings is 1. The molecular weight excluding hydrogens is 211 g/mol. The van der Waals surface area contributed by atoms with E-state index in [2.05, 4.69) is 0 Å². The molecule has 0 radical (unpaired) electrons. The highest BCUT2D eigenvalue weighted by Crippen LogP contribution is 2.18. The van der Waals surface area contributed by atoms with Gasteiger partial charge in [0.25, 0.3) is 0 Å². The van der Waals surface area contributed by atoms with Crippen molar-refractivity contribution in [1.29, 1.82) is 0 Å². The molecule has 0 aromatic heterocycles. The molecule has 16 heavy (non-hydrogen) atoms. The van der Waals surface area contributed by atoms with Gasteiger partial charge in [0.1, 0.15) is 0 Å². The van der Waals surface area contributed by atoms with Crippen molar-refractivity contribution in [3.63, 3.8) is 0 Å². The summed E-state index contributed by atoms with van der Waals surface area (Å²) in [6.07, 6.45) is 3.80. The lowest BCUT2D eigenvalue weighted by molar-refractivity contribution is -0.131. The van der Waals surface area contributed by atoms with Gasteiger partial charge in [-0.3, -0.25) is 0 Å². The van der Waals surface area contributed by atoms with E-state index in [1.54, 1.807) is 18.2 Å². The van der Waals surface area contributed by atoms with E-state index in [9.17, 15) is 9.18 Å². The summed E-state index contributed by atoms with van der Waals surface area (Å²) in [6.45, 7) is 0. The number of carboxylic acids is 1. The lowest BCUT2D eigenvalue weighted by Gasteiger charge is -2.03. The lowest BCUT2D eigenvalue weighted by atomic mass is 10.1. The zero-order chi connectivity index (χ0) is 12.0. The fourth-order valence-electron chi connectivity index (χ4n) is 1.30. The fourth-order valence-corrected chi connectivity index (χ4v) is 1.30. The number of carboxylic acid groups (broad SMARTS) is 1. The Hall–Kier alpha value is -1.84. The molecule has 0 amide bonds. The molecule has 0 spiro atoms. The van der Waals surface area contributed by atoms with Gasteiger partial charge < -0.3 is 9.84 Å². The number of carbonyl (C=O) groups is 1. The van der Waals surface area contributed by atoms with E-state index < -0.39 is 11.8 Å². The average Bonchev–Trinajstić information content (AvgIpc) is 2.24. The Kier molecular flexibility index (Phi) is 4.51. The van der Waals surface area contributed by atoms with Crippen molar-refractivity contribution in [3.8, 4) is 5.75 Å². The number of aliphatic carboxylic acids is 1. The second kappa shape index (κ2) is 5.90. The Bertz CT molecular complexity index is 399. The molecule has 0 saturated carbocycles. The SMILES string of the molecule is COc1ccc(CC/C=C/C(=O)O)cc1F. The third-order valence-corrected chi connectivity index (χ3v) is 2.08. The summed E-state index contributed by atoms with van der Waals surface area (Å²) in [5, 5.41) is 8.36. The zero-order valence-corrected chi connectivity index (χ0v) is 8.94. The van der Waals surface area contributed by atoms with Gasteiger partial charge in [-0.15, -0.1) is 0 Å². The van der Waals surface area contributed by atoms with Crippen LogP contribution >= 0.6 is 0 Å². The van der Waals surface area contributed by atoms with Gasteiger partial charge in [0, 0.05) is 6.08 Å². The molecule has 0 atom stereocenters. The molecule has 1 rings (SSSR count). The average molecular weight is 224 g/mol. The van der Waals surface area contributed by atoms with Crippen molar-refractivity contribution in [2.45, 2.75) is 12.8 Å². The summed E-state index contributed by atoms with van der Waals surface area (Å²) in [4.78, 5) is 10.2. The summed E-state index contributed by atoms with van der Waals surface area (Å²) >= 11 is 0. The molecule has 0 aliphatic heterocycles. The minimum absolute atomic E-state index is 0.213. The first-order valence-corrected chi connectivity index (χ1v) is 4.85. The number of hydrogen-bond acceptors (Lipinski definition) is 2. The monoisotopic (exact) mass is 224 g/mol. The first-order chi connectivity index (χ1) is 7.63. The van der Waals surface area contributed by atoms with Gasteiger partial charge in [-0.1, -0.05) is 12.1 Å². The Morgan fingerprint density at radius 3 is 2.88 bits per heavy atom. The maximum atomic E-state index is 13.3. The zero-order valence-electron chi connectivity index (χ0n) is 8.94. The van der Waals surface area contributed by atoms with Crippen LogP contribution in [0.4, 0.5) is 4.39 Å². The first-order valence-electron chi connectivity index (χ1n) is 4.85. The fraction of sp³-hybridized carbons (Fsp3) is 0.250. The molecule has 0 unspecified atom stereocenters. The predicted molar refractivity (Wildman–Crippen MR) is 58.0 cm³/mol. The van der Waals surface area contributed by atoms with Gasteiger partial charge in [-0.2, -0.15) is 0 Å². The molecule has 1 N–H and O–H groups in total. The molecule has 3 nitrogen and oxygen atoms in total. The normalized spacial score (nSPS) is 10.6. The van der Waals surface area contributed by atoms with Crippen LogP contribution in [0.2, 0.25) is 0 Å². The van der Waals surface area contributed by atoms with Crippen molar-refractivity contribution in [1.82, 2.24) is 0 Å². The van der Waals surface area contributed by atoms with Gasteiger partial charge in [0.05, 0.1) is 7.11 Å². The van der Waals surface area contributed by atoms with Crippen molar-refractivity contribution in [3.05, 3.63) is 41.7 Å². The van der Waals surface area contributed by atoms with E-state index in [-0.39, 0.29) is 5.75 Å². The topological polar surface area (TPSA) is 46.5 Å². The molecular formula is C12H13FO3. The van der Waals surface area contributed by atoms with Crippen LogP contribution in [-0.4, -0.2) is 18.2 Å². The third kappa shape index (κ3) is 3.73. The second-order valence-corrected chi connectivity index (χ2v) is 3.25. The van der Waals surface area contributed by atoms with E-state index in [1.165, 1.54) is 13.2 Å². The van der Waals surface area contributed by atoms with Gasteiger partial charge in [0.15, 0.2) is 11.6 Å². The highest BCUT2D eigenvalue weighted by atomic mass is 19.1. The number of rotatable bonds is 5. The third-order valence-electron chi connectivity index (χ3n) is 2.08. The van der Waals surface area contributed by atoms with Gasteiger partial charge in [0.2, 0.25) is 0 Å². The number of methoxy groups -OCH3 is 1. The van der Waals surface area contributed by atoms with Gasteiger partial charge >= 0.3 is 5.97 Å². The Morgan fingerprint density at radius 1 is 1.56 bits per heavy atom. The number of halogens is 1. The first kappa shape index (κ1) is 12.2. The molecule has 86 valence electrons.